The Balaban J connectivity index is 0.000000956. The lowest BCUT2D eigenvalue weighted by molar-refractivity contribution is -0.0482. The summed E-state index contributed by atoms with van der Waals surface area (Å²) < 4.78 is 0. The van der Waals surface area contributed by atoms with Crippen molar-refractivity contribution in [3.05, 3.63) is 0 Å². The molecule has 0 unspecified atom stereocenters. The molecule has 0 atom stereocenters. The van der Waals surface area contributed by atoms with E-state index in [0.717, 1.165) is 11.3 Å². The van der Waals surface area contributed by atoms with Crippen LogP contribution in [0.3, 0.4) is 0 Å². The van der Waals surface area contributed by atoms with E-state index in [1.165, 1.54) is 71.4 Å². The van der Waals surface area contributed by atoms with Crippen LogP contribution >= 0.6 is 0 Å². The minimum absolute atomic E-state index is 0.722. The normalized spacial score (nSPS) is 22.5. The lowest BCUT2D eigenvalue weighted by Gasteiger charge is -2.54. The highest BCUT2D eigenvalue weighted by molar-refractivity contribution is 4.98. The number of hydrogen-bond donors (Lipinski definition) is 0. The first-order chi connectivity index (χ1) is 9.63. The summed E-state index contributed by atoms with van der Waals surface area (Å²) in [5.41, 5.74) is 0.722. The van der Waals surface area contributed by atoms with Crippen LogP contribution in [0.4, 0.5) is 0 Å². The predicted molar refractivity (Wildman–Crippen MR) is 90.3 cm³/mol. The second-order valence-electron chi connectivity index (χ2n) is 7.11. The highest BCUT2D eigenvalue weighted by atomic mass is 15.2. The largest absolute Gasteiger partial charge is 0.303 e. The number of hydrogen-bond acceptors (Lipinski definition) is 2. The Labute approximate surface area is 127 Å². The van der Waals surface area contributed by atoms with Gasteiger partial charge in [0, 0.05) is 19.6 Å². The molecule has 0 aliphatic carbocycles. The molecule has 0 aromatic rings. The van der Waals surface area contributed by atoms with Crippen molar-refractivity contribution in [1.82, 2.24) is 9.80 Å². The average Bonchev–Trinajstić information content (AvgIpc) is 2.41. The van der Waals surface area contributed by atoms with E-state index in [1.54, 1.807) is 0 Å². The maximum absolute atomic E-state index is 2.69. The van der Waals surface area contributed by atoms with Gasteiger partial charge in [0.2, 0.25) is 0 Å². The van der Waals surface area contributed by atoms with Crippen molar-refractivity contribution >= 4 is 0 Å². The van der Waals surface area contributed by atoms with Gasteiger partial charge in [-0.1, -0.05) is 47.5 Å². The molecule has 1 spiro atoms. The van der Waals surface area contributed by atoms with E-state index in [-0.39, 0.29) is 0 Å². The molecule has 0 N–H and O–H groups in total. The molecule has 2 rings (SSSR count). The predicted octanol–water partition coefficient (Wildman–Crippen LogP) is 4.26. The summed E-state index contributed by atoms with van der Waals surface area (Å²) in [5.74, 6) is 0.825. The second kappa shape index (κ2) is 9.04. The van der Waals surface area contributed by atoms with Gasteiger partial charge in [0.25, 0.3) is 0 Å². The van der Waals surface area contributed by atoms with Crippen LogP contribution < -0.4 is 0 Å². The molecule has 0 aromatic carbocycles. The minimum Gasteiger partial charge on any atom is -0.303 e. The van der Waals surface area contributed by atoms with Crippen LogP contribution in [0, 0.1) is 11.3 Å². The summed E-state index contributed by atoms with van der Waals surface area (Å²) in [6.07, 6.45) is 7.06. The first-order valence-electron chi connectivity index (χ1n) is 9.08. The van der Waals surface area contributed by atoms with Gasteiger partial charge in [-0.2, -0.15) is 0 Å². The molecule has 2 saturated heterocycles. The Hall–Kier alpha value is -0.0800. The Morgan fingerprint density at radius 2 is 1.55 bits per heavy atom. The minimum atomic E-state index is 0.722. The molecule has 2 nitrogen and oxygen atoms in total. The third kappa shape index (κ3) is 5.37. The number of piperidine rings is 1. The van der Waals surface area contributed by atoms with E-state index in [9.17, 15) is 0 Å². The Bertz CT molecular complexity index is 234. The van der Waals surface area contributed by atoms with E-state index in [1.807, 2.05) is 13.8 Å². The van der Waals surface area contributed by atoms with Gasteiger partial charge >= 0.3 is 0 Å². The maximum Gasteiger partial charge on any atom is 0.00514 e. The van der Waals surface area contributed by atoms with Crippen molar-refractivity contribution in [2.75, 3.05) is 39.3 Å². The van der Waals surface area contributed by atoms with Gasteiger partial charge in [-0.3, -0.25) is 0 Å². The summed E-state index contributed by atoms with van der Waals surface area (Å²) in [6, 6.07) is 0. The number of rotatable bonds is 6. The highest BCUT2D eigenvalue weighted by Crippen LogP contribution is 2.40. The molecule has 2 aliphatic heterocycles. The summed E-state index contributed by atoms with van der Waals surface area (Å²) in [6.45, 7) is 19.1. The molecule has 2 fully saturated rings. The fourth-order valence-electron chi connectivity index (χ4n) is 3.69. The van der Waals surface area contributed by atoms with Gasteiger partial charge in [0.1, 0.15) is 0 Å². The molecular formula is C18H38N2. The second-order valence-corrected chi connectivity index (χ2v) is 7.11. The molecule has 20 heavy (non-hydrogen) atoms. The summed E-state index contributed by atoms with van der Waals surface area (Å²) >= 11 is 0. The molecule has 120 valence electrons. The molecule has 0 radical (unpaired) electrons. The fraction of sp³-hybridized carbons (Fsp3) is 1.00. The van der Waals surface area contributed by atoms with E-state index in [4.69, 9.17) is 0 Å². The Kier molecular flexibility index (Phi) is 8.13. The van der Waals surface area contributed by atoms with Crippen molar-refractivity contribution in [2.24, 2.45) is 11.3 Å². The van der Waals surface area contributed by atoms with Crippen LogP contribution in [-0.4, -0.2) is 49.1 Å². The molecule has 0 bridgehead atoms. The third-order valence-electron chi connectivity index (χ3n) is 4.74. The van der Waals surface area contributed by atoms with Crippen LogP contribution in [0.2, 0.25) is 0 Å². The SMILES string of the molecule is CC.CCCCCN1CC2(CCN(CC(C)C)CC2)C1. The lowest BCUT2D eigenvalue weighted by Crippen LogP contribution is -2.60. The zero-order chi connectivity index (χ0) is 15.0. The van der Waals surface area contributed by atoms with Gasteiger partial charge in [0.15, 0.2) is 0 Å². The third-order valence-corrected chi connectivity index (χ3v) is 4.74. The van der Waals surface area contributed by atoms with Crippen LogP contribution in [0.25, 0.3) is 0 Å². The van der Waals surface area contributed by atoms with Crippen molar-refractivity contribution < 1.29 is 0 Å². The van der Waals surface area contributed by atoms with E-state index in [0.29, 0.717) is 0 Å². The van der Waals surface area contributed by atoms with E-state index >= 15 is 0 Å². The summed E-state index contributed by atoms with van der Waals surface area (Å²) in [5, 5.41) is 0. The van der Waals surface area contributed by atoms with Gasteiger partial charge in [0.05, 0.1) is 0 Å². The Morgan fingerprint density at radius 3 is 2.05 bits per heavy atom. The fourth-order valence-corrected chi connectivity index (χ4v) is 3.69. The van der Waals surface area contributed by atoms with Crippen molar-refractivity contribution in [3.63, 3.8) is 0 Å². The van der Waals surface area contributed by atoms with Gasteiger partial charge in [-0.25, -0.2) is 0 Å². The zero-order valence-corrected chi connectivity index (χ0v) is 14.7. The van der Waals surface area contributed by atoms with Gasteiger partial charge < -0.3 is 9.80 Å². The van der Waals surface area contributed by atoms with Gasteiger partial charge in [-0.05, 0) is 50.2 Å². The number of unbranched alkanes of at least 4 members (excludes halogenated alkanes) is 2. The quantitative estimate of drug-likeness (QED) is 0.672. The monoisotopic (exact) mass is 282 g/mol. The Morgan fingerprint density at radius 1 is 0.950 bits per heavy atom. The van der Waals surface area contributed by atoms with Crippen molar-refractivity contribution in [1.29, 1.82) is 0 Å². The van der Waals surface area contributed by atoms with Crippen LogP contribution in [0.5, 0.6) is 0 Å². The van der Waals surface area contributed by atoms with Crippen LogP contribution in [-0.2, 0) is 0 Å². The maximum atomic E-state index is 2.69. The average molecular weight is 283 g/mol. The molecule has 2 aliphatic rings. The molecule has 0 amide bonds. The molecule has 2 heteroatoms. The first kappa shape index (κ1) is 18.0. The topological polar surface area (TPSA) is 6.48 Å². The van der Waals surface area contributed by atoms with Crippen LogP contribution in [0.1, 0.15) is 66.7 Å². The van der Waals surface area contributed by atoms with Crippen molar-refractivity contribution in [3.8, 4) is 0 Å². The first-order valence-corrected chi connectivity index (χ1v) is 9.08. The zero-order valence-electron chi connectivity index (χ0n) is 14.7. The molecule has 0 saturated carbocycles. The molecule has 0 aromatic heterocycles. The van der Waals surface area contributed by atoms with E-state index in [2.05, 4.69) is 30.6 Å². The standard InChI is InChI=1S/C16H32N2.C2H6/c1-4-5-6-9-18-13-16(14-18)7-10-17(11-8-16)12-15(2)3;1-2/h15H,4-14H2,1-3H3;1-2H3. The van der Waals surface area contributed by atoms with Crippen molar-refractivity contribution in [2.45, 2.75) is 66.7 Å². The summed E-state index contributed by atoms with van der Waals surface area (Å²) in [4.78, 5) is 5.36. The van der Waals surface area contributed by atoms with Gasteiger partial charge in [-0.15, -0.1) is 0 Å². The molecule has 2 heterocycles. The number of nitrogens with zero attached hydrogens (tertiary/aromatic N) is 2. The van der Waals surface area contributed by atoms with Crippen LogP contribution in [0.15, 0.2) is 0 Å². The number of likely N-dealkylation sites (tertiary alicyclic amines) is 2. The van der Waals surface area contributed by atoms with E-state index < -0.39 is 0 Å². The smallest absolute Gasteiger partial charge is 0.00514 e. The lowest BCUT2D eigenvalue weighted by atomic mass is 9.72. The summed E-state index contributed by atoms with van der Waals surface area (Å²) in [7, 11) is 0. The highest BCUT2D eigenvalue weighted by Gasteiger charge is 2.44. The molecular weight excluding hydrogens is 244 g/mol.